The molecule has 0 radical (unpaired) electrons. The predicted molar refractivity (Wildman–Crippen MR) is 269 cm³/mol. The summed E-state index contributed by atoms with van der Waals surface area (Å²) >= 11 is 0. The van der Waals surface area contributed by atoms with Crippen LogP contribution in [0.4, 0.5) is 0 Å². The zero-order valence-corrected chi connectivity index (χ0v) is 48.0. The summed E-state index contributed by atoms with van der Waals surface area (Å²) in [5.74, 6) is -6.80. The van der Waals surface area contributed by atoms with Gasteiger partial charge in [0.05, 0.1) is 30.1 Å². The van der Waals surface area contributed by atoms with Gasteiger partial charge in [0, 0.05) is 48.5 Å². The van der Waals surface area contributed by atoms with Crippen molar-refractivity contribution in [1.29, 1.82) is 0 Å². The number of allylic oxidation sites excluding steroid dienone is 1. The molecular weight excluding hydrogens is 1020 g/mol. The van der Waals surface area contributed by atoms with Gasteiger partial charge >= 0.3 is 53.7 Å². The van der Waals surface area contributed by atoms with Gasteiger partial charge < -0.3 is 56.8 Å². The van der Waals surface area contributed by atoms with Crippen molar-refractivity contribution in [3.8, 4) is 0 Å². The van der Waals surface area contributed by atoms with E-state index in [2.05, 4.69) is 47.6 Å². The third-order valence-corrected chi connectivity index (χ3v) is 19.4. The van der Waals surface area contributed by atoms with Gasteiger partial charge in [-0.05, 0) is 111 Å². The highest BCUT2D eigenvalue weighted by Crippen LogP contribution is 2.76. The van der Waals surface area contributed by atoms with Crippen molar-refractivity contribution >= 4 is 53.7 Å². The molecule has 0 aromatic carbocycles. The first-order chi connectivity index (χ1) is 36.4. The zero-order valence-electron chi connectivity index (χ0n) is 48.0. The van der Waals surface area contributed by atoms with Crippen LogP contribution in [0.2, 0.25) is 0 Å². The number of carbonyl (C=O) groups excluding carboxylic acids is 9. The second kappa shape index (κ2) is 22.8. The van der Waals surface area contributed by atoms with Crippen molar-refractivity contribution < 1.29 is 100.0 Å². The third-order valence-electron chi connectivity index (χ3n) is 19.4. The number of hydrogen-bond donors (Lipinski definition) is 0. The molecule has 4 saturated carbocycles. The van der Waals surface area contributed by atoms with Gasteiger partial charge in [-0.1, -0.05) is 53.2 Å². The van der Waals surface area contributed by atoms with Gasteiger partial charge in [0.25, 0.3) is 0 Å². The van der Waals surface area contributed by atoms with Gasteiger partial charge in [-0.15, -0.1) is 0 Å². The Morgan fingerprint density at radius 3 is 1.65 bits per heavy atom. The van der Waals surface area contributed by atoms with E-state index >= 15 is 9.59 Å². The quantitative estimate of drug-likeness (QED) is 0.0841. The van der Waals surface area contributed by atoms with E-state index in [4.69, 9.17) is 56.8 Å². The van der Waals surface area contributed by atoms with E-state index in [1.54, 1.807) is 6.92 Å². The Bertz CT molecular complexity index is 2400. The minimum atomic E-state index is -1.73. The molecule has 21 heteroatoms. The minimum absolute atomic E-state index is 0.0330. The molecule has 0 amide bonds. The summed E-state index contributed by atoms with van der Waals surface area (Å²) < 4.78 is 71.1. The highest BCUT2D eigenvalue weighted by atomic mass is 16.8. The van der Waals surface area contributed by atoms with Crippen LogP contribution in [-0.4, -0.2) is 135 Å². The number of esters is 9. The Kier molecular flexibility index (Phi) is 17.7. The summed E-state index contributed by atoms with van der Waals surface area (Å²) in [5.41, 5.74) is -3.15. The minimum Gasteiger partial charge on any atom is -0.468 e. The fraction of sp³-hybridized carbons (Fsp3) is 0.807. The van der Waals surface area contributed by atoms with Crippen molar-refractivity contribution in [1.82, 2.24) is 0 Å². The molecule has 6 fully saturated rings. The SMILES string of the molecule is COC(=O)[C@@]12CC[C@@]3(C(=O)O[C@@H]4O[C@H](COC(C)=O)[C@@H](OC(C)=O)[C@H](OC(C)=O)[C@H]4OC(C)=O)CC[C@@H](C)[C@H](C)[C@H]3C1=CC[C@@H]1[C@@]3(C)CC[C@H](O[C@@H]4O[C@@H](C)[C@H](OC(C)=O)[C@@H](OC(C)=O)[C@H]4OC(C)=O)C(C)(C)[C@@H]3CC[C@]12C. The average Bonchev–Trinajstić information content (AvgIpc) is 2.51. The summed E-state index contributed by atoms with van der Waals surface area (Å²) in [6, 6.07) is 0. The van der Waals surface area contributed by atoms with Crippen LogP contribution >= 0.6 is 0 Å². The van der Waals surface area contributed by atoms with E-state index in [1.807, 2.05) is 0 Å². The fourth-order valence-corrected chi connectivity index (χ4v) is 16.1. The largest absolute Gasteiger partial charge is 0.468 e. The monoisotopic (exact) mass is 1100 g/mol. The smallest absolute Gasteiger partial charge is 0.316 e. The van der Waals surface area contributed by atoms with Gasteiger partial charge in [0.1, 0.15) is 12.7 Å². The highest BCUT2D eigenvalue weighted by Gasteiger charge is 2.74. The Morgan fingerprint density at radius 1 is 0.551 bits per heavy atom. The molecule has 5 aliphatic carbocycles. The standard InChI is InChI=1S/C57H82O21/c1-27-18-23-56(51(65)78-50-48(75-36(10)64)46(73-34(8)62)44(71-32(6)60)38(76-50)26-68-30(4)58)24-25-57(52(66)67-15)37(42(56)28(27)2)16-17-40-54(13)21-20-41(53(11,12)39(54)19-22-55(40,57)14)77-49-47(74-35(9)63)45(72-33(7)61)43(29(3)69-49)70-31(5)59/h16,27-29,38-50H,17-26H2,1-15H3/t27-,28+,29+,38-,39+,40-,41+,42+,43+,44-,45-,46+,47-,48-,49+,50+,54+,55-,56+,57-/m1/s1. The molecule has 7 aliphatic rings. The first-order valence-electron chi connectivity index (χ1n) is 27.5. The lowest BCUT2D eigenvalue weighted by Gasteiger charge is -2.71. The topological polar surface area (TPSA) is 264 Å². The van der Waals surface area contributed by atoms with Crippen LogP contribution in [0, 0.1) is 56.7 Å². The van der Waals surface area contributed by atoms with Crippen molar-refractivity contribution in [3.63, 3.8) is 0 Å². The molecule has 2 saturated heterocycles. The van der Waals surface area contributed by atoms with Gasteiger partial charge in [0.15, 0.2) is 36.8 Å². The summed E-state index contributed by atoms with van der Waals surface area (Å²) in [6.45, 7) is 22.4. The summed E-state index contributed by atoms with van der Waals surface area (Å²) in [7, 11) is 1.41. The fourth-order valence-electron chi connectivity index (χ4n) is 16.1. The van der Waals surface area contributed by atoms with Crippen LogP contribution in [0.15, 0.2) is 11.6 Å². The molecule has 0 spiro atoms. The lowest BCUT2D eigenvalue weighted by Crippen LogP contribution is -2.69. The van der Waals surface area contributed by atoms with E-state index in [9.17, 15) is 33.6 Å². The molecule has 78 heavy (non-hydrogen) atoms. The van der Waals surface area contributed by atoms with Crippen molar-refractivity contribution in [2.45, 2.75) is 222 Å². The van der Waals surface area contributed by atoms with Crippen LogP contribution in [-0.2, 0) is 100.0 Å². The molecule has 0 aromatic rings. The third kappa shape index (κ3) is 10.8. The highest BCUT2D eigenvalue weighted by molar-refractivity contribution is 5.86. The van der Waals surface area contributed by atoms with Crippen LogP contribution in [0.25, 0.3) is 0 Å². The lowest BCUT2D eigenvalue weighted by molar-refractivity contribution is -0.328. The number of carbonyl (C=O) groups is 9. The van der Waals surface area contributed by atoms with Crippen LogP contribution in [0.1, 0.15) is 155 Å². The summed E-state index contributed by atoms with van der Waals surface area (Å²) in [6.07, 6.45) is -6.92. The van der Waals surface area contributed by atoms with Crippen LogP contribution in [0.5, 0.6) is 0 Å². The molecule has 0 N–H and O–H groups in total. The van der Waals surface area contributed by atoms with Gasteiger partial charge in [0.2, 0.25) is 12.4 Å². The first-order valence-corrected chi connectivity index (χ1v) is 27.5. The maximum atomic E-state index is 15.6. The van der Waals surface area contributed by atoms with Gasteiger partial charge in [-0.25, -0.2) is 0 Å². The van der Waals surface area contributed by atoms with E-state index in [0.29, 0.717) is 44.9 Å². The number of hydrogen-bond acceptors (Lipinski definition) is 21. The molecule has 0 unspecified atom stereocenters. The Hall–Kier alpha value is -5.15. The number of methoxy groups -OCH3 is 1. The number of fused-ring (bicyclic) bond motifs is 7. The van der Waals surface area contributed by atoms with Crippen molar-refractivity contribution in [2.24, 2.45) is 56.7 Å². The van der Waals surface area contributed by atoms with Crippen molar-refractivity contribution in [3.05, 3.63) is 11.6 Å². The average molecular weight is 1100 g/mol. The van der Waals surface area contributed by atoms with Crippen molar-refractivity contribution in [2.75, 3.05) is 13.7 Å². The normalized spacial score (nSPS) is 41.4. The van der Waals surface area contributed by atoms with Crippen LogP contribution in [0.3, 0.4) is 0 Å². The van der Waals surface area contributed by atoms with E-state index in [0.717, 1.165) is 33.3 Å². The molecule has 0 bridgehead atoms. The second-order valence-electron chi connectivity index (χ2n) is 24.3. The number of rotatable bonds is 13. The number of ether oxygens (including phenoxy) is 12. The molecule has 7 rings (SSSR count). The molecular formula is C57H82O21. The summed E-state index contributed by atoms with van der Waals surface area (Å²) in [5, 5.41) is 0. The maximum Gasteiger partial charge on any atom is 0.316 e. The molecule has 21 nitrogen and oxygen atoms in total. The molecule has 2 heterocycles. The lowest BCUT2D eigenvalue weighted by atomic mass is 9.33. The van der Waals surface area contributed by atoms with E-state index < -0.39 is 149 Å². The zero-order chi connectivity index (χ0) is 57.8. The Balaban J connectivity index is 1.24. The van der Waals surface area contributed by atoms with Gasteiger partial charge in [-0.3, -0.25) is 43.2 Å². The predicted octanol–water partition coefficient (Wildman–Crippen LogP) is 6.35. The molecule has 20 atom stereocenters. The molecule has 0 aromatic heterocycles. The Morgan fingerprint density at radius 2 is 1.09 bits per heavy atom. The van der Waals surface area contributed by atoms with E-state index in [-0.39, 0.29) is 47.9 Å². The Labute approximate surface area is 456 Å². The maximum absolute atomic E-state index is 15.6. The second-order valence-corrected chi connectivity index (χ2v) is 24.3. The van der Waals surface area contributed by atoms with E-state index in [1.165, 1.54) is 27.9 Å². The molecule has 436 valence electrons. The van der Waals surface area contributed by atoms with Crippen LogP contribution < -0.4 is 0 Å². The summed E-state index contributed by atoms with van der Waals surface area (Å²) in [4.78, 5) is 118. The van der Waals surface area contributed by atoms with Gasteiger partial charge in [-0.2, -0.15) is 0 Å². The first kappa shape index (κ1) is 60.5. The molecule has 2 aliphatic heterocycles.